The molecule has 0 aliphatic carbocycles. The Hall–Kier alpha value is -2.34. The third kappa shape index (κ3) is 5.82. The average Bonchev–Trinajstić information content (AvgIpc) is 2.64. The number of nitrogens with one attached hydrogen (secondary N) is 1. The van der Waals surface area contributed by atoms with E-state index >= 15 is 0 Å². The summed E-state index contributed by atoms with van der Waals surface area (Å²) in [5.74, 6) is 0.250. The van der Waals surface area contributed by atoms with Crippen LogP contribution in [0, 0.1) is 0 Å². The van der Waals surface area contributed by atoms with Crippen molar-refractivity contribution in [3.63, 3.8) is 0 Å². The van der Waals surface area contributed by atoms with Crippen LogP contribution < -0.4 is 9.62 Å². The van der Waals surface area contributed by atoms with Crippen molar-refractivity contribution in [3.05, 3.63) is 65.2 Å². The molecular weight excluding hydrogens is 360 g/mol. The van der Waals surface area contributed by atoms with E-state index in [1.165, 1.54) is 18.2 Å². The third-order valence-electron chi connectivity index (χ3n) is 4.56. The smallest absolute Gasteiger partial charge is 0.253 e. The Labute approximate surface area is 162 Å². The molecule has 0 unspecified atom stereocenters. The molecule has 0 aromatic heterocycles. The Morgan fingerprint density at radius 3 is 2.30 bits per heavy atom. The molecule has 0 heterocycles. The van der Waals surface area contributed by atoms with Crippen molar-refractivity contribution >= 4 is 21.6 Å². The molecule has 0 atom stereocenters. The van der Waals surface area contributed by atoms with Gasteiger partial charge in [-0.1, -0.05) is 50.2 Å². The number of sulfonamides is 1. The highest BCUT2D eigenvalue weighted by atomic mass is 32.2. The topological polar surface area (TPSA) is 66.5 Å². The fraction of sp³-hybridized carbons (Fsp3) is 0.381. The van der Waals surface area contributed by atoms with Crippen LogP contribution in [0.4, 0.5) is 5.69 Å². The highest BCUT2D eigenvalue weighted by Crippen LogP contribution is 2.21. The fourth-order valence-corrected chi connectivity index (χ4v) is 3.29. The van der Waals surface area contributed by atoms with Gasteiger partial charge >= 0.3 is 0 Å². The van der Waals surface area contributed by atoms with Crippen LogP contribution in [0.2, 0.25) is 0 Å². The molecule has 2 rings (SSSR count). The summed E-state index contributed by atoms with van der Waals surface area (Å²) in [5.41, 5.74) is 3.29. The first-order valence-electron chi connectivity index (χ1n) is 9.10. The molecule has 1 N–H and O–H groups in total. The van der Waals surface area contributed by atoms with Gasteiger partial charge in [0.05, 0.1) is 17.5 Å². The molecule has 2 aromatic carbocycles. The first kappa shape index (κ1) is 21.0. The second kappa shape index (κ2) is 9.04. The number of benzene rings is 2. The van der Waals surface area contributed by atoms with Gasteiger partial charge in [-0.15, -0.1) is 0 Å². The Morgan fingerprint density at radius 1 is 1.07 bits per heavy atom. The van der Waals surface area contributed by atoms with Crippen molar-refractivity contribution in [2.75, 3.05) is 24.2 Å². The van der Waals surface area contributed by atoms with E-state index < -0.39 is 10.0 Å². The molecule has 146 valence electrons. The van der Waals surface area contributed by atoms with Crippen LogP contribution in [0.3, 0.4) is 0 Å². The number of hydrogen-bond acceptors (Lipinski definition) is 3. The van der Waals surface area contributed by atoms with Gasteiger partial charge in [0.15, 0.2) is 0 Å². The number of amides is 1. The van der Waals surface area contributed by atoms with E-state index in [1.54, 1.807) is 24.3 Å². The van der Waals surface area contributed by atoms with E-state index in [4.69, 9.17) is 0 Å². The quantitative estimate of drug-likeness (QED) is 0.703. The van der Waals surface area contributed by atoms with Crippen molar-refractivity contribution < 1.29 is 13.2 Å². The number of carbonyl (C=O) groups excluding carboxylic acids is 1. The van der Waals surface area contributed by atoms with Crippen LogP contribution in [0.25, 0.3) is 0 Å². The second-order valence-electron chi connectivity index (χ2n) is 7.00. The molecule has 0 bridgehead atoms. The van der Waals surface area contributed by atoms with Crippen LogP contribution in [0.15, 0.2) is 48.5 Å². The zero-order chi connectivity index (χ0) is 20.0. The summed E-state index contributed by atoms with van der Waals surface area (Å²) >= 11 is 0. The van der Waals surface area contributed by atoms with Crippen LogP contribution >= 0.6 is 0 Å². The molecule has 0 saturated heterocycles. The molecule has 0 aliphatic heterocycles. The lowest BCUT2D eigenvalue weighted by Crippen LogP contribution is -2.30. The van der Waals surface area contributed by atoms with E-state index in [-0.39, 0.29) is 5.91 Å². The SMILES string of the molecule is CC(C)c1ccc(CCCNC(=O)c2ccccc2N(C)S(C)(=O)=O)cc1. The Balaban J connectivity index is 1.93. The zero-order valence-corrected chi connectivity index (χ0v) is 17.2. The number of para-hydroxylation sites is 1. The van der Waals surface area contributed by atoms with Gasteiger partial charge in [0.2, 0.25) is 10.0 Å². The van der Waals surface area contributed by atoms with Gasteiger partial charge in [-0.2, -0.15) is 0 Å². The highest BCUT2D eigenvalue weighted by Gasteiger charge is 2.19. The maximum Gasteiger partial charge on any atom is 0.253 e. The summed E-state index contributed by atoms with van der Waals surface area (Å²) in [6.07, 6.45) is 2.81. The highest BCUT2D eigenvalue weighted by molar-refractivity contribution is 7.92. The van der Waals surface area contributed by atoms with Gasteiger partial charge in [0, 0.05) is 13.6 Å². The summed E-state index contributed by atoms with van der Waals surface area (Å²) < 4.78 is 24.7. The van der Waals surface area contributed by atoms with Gasteiger partial charge in [-0.3, -0.25) is 9.10 Å². The maximum atomic E-state index is 12.5. The predicted octanol–water partition coefficient (Wildman–Crippen LogP) is 3.57. The van der Waals surface area contributed by atoms with Gasteiger partial charge in [0.1, 0.15) is 0 Å². The number of hydrogen-bond donors (Lipinski definition) is 1. The van der Waals surface area contributed by atoms with Crippen LogP contribution in [0.5, 0.6) is 0 Å². The normalized spacial score (nSPS) is 11.4. The van der Waals surface area contributed by atoms with Crippen LogP contribution in [-0.4, -0.2) is 34.2 Å². The number of anilines is 1. The average molecular weight is 389 g/mol. The van der Waals surface area contributed by atoms with Crippen molar-refractivity contribution in [1.82, 2.24) is 5.32 Å². The molecule has 0 aliphatic rings. The monoisotopic (exact) mass is 388 g/mol. The van der Waals surface area contributed by atoms with Gasteiger partial charge in [-0.05, 0) is 42.0 Å². The largest absolute Gasteiger partial charge is 0.352 e. The van der Waals surface area contributed by atoms with E-state index in [9.17, 15) is 13.2 Å². The molecule has 1 amide bonds. The summed E-state index contributed by atoms with van der Waals surface area (Å²) in [6, 6.07) is 15.3. The number of carbonyl (C=O) groups is 1. The number of aryl methyl sites for hydroxylation is 1. The third-order valence-corrected chi connectivity index (χ3v) is 5.75. The fourth-order valence-electron chi connectivity index (χ4n) is 2.78. The maximum absolute atomic E-state index is 12.5. The summed E-state index contributed by atoms with van der Waals surface area (Å²) in [6.45, 7) is 4.87. The van der Waals surface area contributed by atoms with Crippen LogP contribution in [-0.2, 0) is 16.4 Å². The first-order chi connectivity index (χ1) is 12.7. The van der Waals surface area contributed by atoms with Gasteiger partial charge in [0.25, 0.3) is 5.91 Å². The van der Waals surface area contributed by atoms with Gasteiger partial charge < -0.3 is 5.32 Å². The molecule has 27 heavy (non-hydrogen) atoms. The lowest BCUT2D eigenvalue weighted by atomic mass is 10.0. The van der Waals surface area contributed by atoms with Gasteiger partial charge in [-0.25, -0.2) is 8.42 Å². The summed E-state index contributed by atoms with van der Waals surface area (Å²) in [4.78, 5) is 12.5. The molecule has 0 fully saturated rings. The summed E-state index contributed by atoms with van der Waals surface area (Å²) in [7, 11) is -1.98. The van der Waals surface area contributed by atoms with E-state index in [0.717, 1.165) is 23.4 Å². The lowest BCUT2D eigenvalue weighted by molar-refractivity contribution is 0.0954. The number of nitrogens with zero attached hydrogens (tertiary/aromatic N) is 1. The lowest BCUT2D eigenvalue weighted by Gasteiger charge is -2.19. The Bertz CT molecular complexity index is 875. The van der Waals surface area contributed by atoms with Crippen LogP contribution in [0.1, 0.15) is 47.7 Å². The van der Waals surface area contributed by atoms with Crippen molar-refractivity contribution in [3.8, 4) is 0 Å². The van der Waals surface area contributed by atoms with Crippen molar-refractivity contribution in [2.45, 2.75) is 32.6 Å². The Kier molecular flexibility index (Phi) is 7.02. The van der Waals surface area contributed by atoms with E-state index in [1.807, 2.05) is 0 Å². The minimum absolute atomic E-state index is 0.267. The molecule has 2 aromatic rings. The first-order valence-corrected chi connectivity index (χ1v) is 10.9. The molecule has 6 heteroatoms. The standard InChI is InChI=1S/C21H28N2O3S/c1-16(2)18-13-11-17(12-14-18)8-7-15-22-21(24)19-9-5-6-10-20(19)23(3)27(4,25)26/h5-6,9-14,16H,7-8,15H2,1-4H3,(H,22,24). The Morgan fingerprint density at radius 2 is 1.70 bits per heavy atom. The summed E-state index contributed by atoms with van der Waals surface area (Å²) in [5, 5.41) is 2.89. The second-order valence-corrected chi connectivity index (χ2v) is 9.02. The molecule has 0 saturated carbocycles. The predicted molar refractivity (Wildman–Crippen MR) is 111 cm³/mol. The van der Waals surface area contributed by atoms with Crippen molar-refractivity contribution in [1.29, 1.82) is 0 Å². The molecular formula is C21H28N2O3S. The zero-order valence-electron chi connectivity index (χ0n) is 16.4. The minimum atomic E-state index is -3.43. The van der Waals surface area contributed by atoms with E-state index in [2.05, 4.69) is 43.4 Å². The number of rotatable bonds is 8. The molecule has 0 spiro atoms. The van der Waals surface area contributed by atoms with E-state index in [0.29, 0.717) is 23.7 Å². The van der Waals surface area contributed by atoms with Crippen molar-refractivity contribution in [2.24, 2.45) is 0 Å². The minimum Gasteiger partial charge on any atom is -0.352 e. The molecule has 5 nitrogen and oxygen atoms in total. The molecule has 0 radical (unpaired) electrons.